The van der Waals surface area contributed by atoms with Crippen LogP contribution in [0.25, 0.3) is 10.8 Å². The molecule has 0 spiro atoms. The minimum Gasteiger partial charge on any atom is -0.495 e. The molecule has 1 amide bonds. The molecule has 9 heteroatoms. The first-order valence-electron chi connectivity index (χ1n) is 9.67. The van der Waals surface area contributed by atoms with Gasteiger partial charge in [0.15, 0.2) is 0 Å². The number of benzene rings is 3. The number of thioether (sulfide) groups is 1. The molecule has 1 fully saturated rings. The summed E-state index contributed by atoms with van der Waals surface area (Å²) in [6.45, 7) is 0. The molecule has 0 radical (unpaired) electrons. The summed E-state index contributed by atoms with van der Waals surface area (Å²) in [7, 11) is -2.17. The average molecular weight is 477 g/mol. The highest BCUT2D eigenvalue weighted by Gasteiger charge is 2.28. The third-order valence-corrected chi connectivity index (χ3v) is 7.72. The smallest absolute Gasteiger partial charge is 0.240 e. The Balaban J connectivity index is 1.50. The van der Waals surface area contributed by atoms with Gasteiger partial charge in [-0.15, -0.1) is 11.8 Å². The number of hydrogen-bond donors (Lipinski definition) is 2. The van der Waals surface area contributed by atoms with Crippen LogP contribution in [0, 0.1) is 0 Å². The van der Waals surface area contributed by atoms with Crippen molar-refractivity contribution in [3.05, 3.63) is 59.6 Å². The molecule has 0 heterocycles. The van der Waals surface area contributed by atoms with E-state index in [1.165, 1.54) is 37.1 Å². The number of amides is 1. The number of methoxy groups -OCH3 is 1. The van der Waals surface area contributed by atoms with Crippen molar-refractivity contribution in [2.75, 3.05) is 18.2 Å². The second-order valence-electron chi connectivity index (χ2n) is 7.19. The van der Waals surface area contributed by atoms with Gasteiger partial charge in [-0.25, -0.2) is 13.1 Å². The molecule has 0 aromatic heterocycles. The van der Waals surface area contributed by atoms with Crippen LogP contribution in [0.3, 0.4) is 0 Å². The van der Waals surface area contributed by atoms with Gasteiger partial charge in [0, 0.05) is 21.3 Å². The second kappa shape index (κ2) is 9.08. The van der Waals surface area contributed by atoms with Crippen LogP contribution >= 0.6 is 23.4 Å². The third kappa shape index (κ3) is 5.15. The summed E-state index contributed by atoms with van der Waals surface area (Å²) in [5.74, 6) is 0.235. The van der Waals surface area contributed by atoms with Crippen molar-refractivity contribution in [1.82, 2.24) is 4.72 Å². The van der Waals surface area contributed by atoms with Crippen LogP contribution in [0.4, 0.5) is 5.69 Å². The molecule has 2 N–H and O–H groups in total. The van der Waals surface area contributed by atoms with Crippen molar-refractivity contribution in [3.63, 3.8) is 0 Å². The van der Waals surface area contributed by atoms with Crippen LogP contribution < -0.4 is 14.8 Å². The highest BCUT2D eigenvalue weighted by molar-refractivity contribution is 8.00. The Kier molecular flexibility index (Phi) is 6.43. The first-order chi connectivity index (χ1) is 14.9. The number of anilines is 1. The van der Waals surface area contributed by atoms with E-state index >= 15 is 0 Å². The predicted octanol–water partition coefficient (Wildman–Crippen LogP) is 4.67. The fraction of sp³-hybridized carbons (Fsp3) is 0.227. The van der Waals surface area contributed by atoms with Gasteiger partial charge in [-0.3, -0.25) is 4.79 Å². The van der Waals surface area contributed by atoms with Crippen molar-refractivity contribution in [2.45, 2.75) is 28.7 Å². The van der Waals surface area contributed by atoms with Crippen molar-refractivity contribution in [1.29, 1.82) is 0 Å². The lowest BCUT2D eigenvalue weighted by atomic mass is 10.1. The summed E-state index contributed by atoms with van der Waals surface area (Å²) in [6.07, 6.45) is 1.68. The van der Waals surface area contributed by atoms with Gasteiger partial charge in [0.25, 0.3) is 0 Å². The molecule has 0 unspecified atom stereocenters. The van der Waals surface area contributed by atoms with E-state index in [0.29, 0.717) is 16.5 Å². The number of carbonyl (C=O) groups is 1. The van der Waals surface area contributed by atoms with Gasteiger partial charge in [-0.2, -0.15) is 0 Å². The van der Waals surface area contributed by atoms with E-state index in [0.717, 1.165) is 28.5 Å². The Morgan fingerprint density at radius 1 is 1.16 bits per heavy atom. The van der Waals surface area contributed by atoms with Gasteiger partial charge in [0.1, 0.15) is 5.75 Å². The number of carbonyl (C=O) groups excluding carboxylic acids is 1. The maximum atomic E-state index is 12.6. The van der Waals surface area contributed by atoms with Crippen molar-refractivity contribution in [2.24, 2.45) is 0 Å². The molecule has 0 aliphatic heterocycles. The Morgan fingerprint density at radius 2 is 1.90 bits per heavy atom. The van der Waals surface area contributed by atoms with Crippen LogP contribution in [0.1, 0.15) is 12.8 Å². The summed E-state index contributed by atoms with van der Waals surface area (Å²) < 4.78 is 32.9. The third-order valence-electron chi connectivity index (χ3n) is 4.83. The van der Waals surface area contributed by atoms with E-state index in [1.54, 1.807) is 0 Å². The molecule has 1 aliphatic rings. The molecule has 1 aliphatic carbocycles. The fourth-order valence-corrected chi connectivity index (χ4v) is 5.73. The molecule has 4 rings (SSSR count). The summed E-state index contributed by atoms with van der Waals surface area (Å²) in [4.78, 5) is 13.6. The van der Waals surface area contributed by atoms with E-state index in [2.05, 4.69) is 10.0 Å². The van der Waals surface area contributed by atoms with Gasteiger partial charge in [-0.05, 0) is 48.6 Å². The summed E-state index contributed by atoms with van der Waals surface area (Å²) in [6, 6.07) is 15.9. The maximum absolute atomic E-state index is 12.6. The van der Waals surface area contributed by atoms with Crippen molar-refractivity contribution in [3.8, 4) is 5.75 Å². The van der Waals surface area contributed by atoms with Crippen LogP contribution in [0.5, 0.6) is 5.75 Å². The van der Waals surface area contributed by atoms with Gasteiger partial charge >= 0.3 is 0 Å². The molecule has 6 nitrogen and oxygen atoms in total. The van der Waals surface area contributed by atoms with Crippen LogP contribution in [0.15, 0.2) is 64.4 Å². The summed E-state index contributed by atoms with van der Waals surface area (Å²) in [5, 5.41) is 5.30. The van der Waals surface area contributed by atoms with E-state index in [4.69, 9.17) is 16.3 Å². The van der Waals surface area contributed by atoms with E-state index in [1.807, 2.05) is 36.4 Å². The van der Waals surface area contributed by atoms with Crippen molar-refractivity contribution < 1.29 is 17.9 Å². The number of sulfonamides is 1. The lowest BCUT2D eigenvalue weighted by Crippen LogP contribution is -2.26. The predicted molar refractivity (Wildman–Crippen MR) is 125 cm³/mol. The number of rotatable bonds is 8. The van der Waals surface area contributed by atoms with Crippen molar-refractivity contribution >= 4 is 55.8 Å². The molecule has 162 valence electrons. The Hall–Kier alpha value is -2.26. The van der Waals surface area contributed by atoms with Gasteiger partial charge in [-0.1, -0.05) is 35.9 Å². The van der Waals surface area contributed by atoms with E-state index in [9.17, 15) is 13.2 Å². The summed E-state index contributed by atoms with van der Waals surface area (Å²) in [5.41, 5.74) is 0.308. The molecule has 3 aromatic carbocycles. The standard InChI is InChI=1S/C22H21ClN2O4S2/c1-29-19-11-10-16(31(27,28)25-15-8-9-15)12-18(19)24-21(26)13-30-20-7-3-5-14-4-2-6-17(23)22(14)20/h2-7,10-12,15,25H,8-9,13H2,1H3,(H,24,26). The molecule has 1 saturated carbocycles. The number of hydrogen-bond acceptors (Lipinski definition) is 5. The SMILES string of the molecule is COc1ccc(S(=O)(=O)NC2CC2)cc1NC(=O)CSc1cccc2cccc(Cl)c12. The molecule has 3 aromatic rings. The summed E-state index contributed by atoms with van der Waals surface area (Å²) >= 11 is 7.72. The first kappa shape index (κ1) is 22.0. The number of halogens is 1. The van der Waals surface area contributed by atoms with E-state index < -0.39 is 10.0 Å². The van der Waals surface area contributed by atoms with Crippen LogP contribution in [0.2, 0.25) is 5.02 Å². The minimum atomic E-state index is -3.64. The number of nitrogens with one attached hydrogen (secondary N) is 2. The molecule has 0 bridgehead atoms. The van der Waals surface area contributed by atoms with Crippen LogP contribution in [-0.4, -0.2) is 33.2 Å². The Morgan fingerprint density at radius 3 is 2.61 bits per heavy atom. The number of ether oxygens (including phenoxy) is 1. The minimum absolute atomic E-state index is 0.00550. The zero-order valence-electron chi connectivity index (χ0n) is 16.7. The van der Waals surface area contributed by atoms with E-state index in [-0.39, 0.29) is 22.6 Å². The monoisotopic (exact) mass is 476 g/mol. The largest absolute Gasteiger partial charge is 0.495 e. The fourth-order valence-electron chi connectivity index (χ4n) is 3.15. The lowest BCUT2D eigenvalue weighted by molar-refractivity contribution is -0.113. The molecule has 0 saturated heterocycles. The zero-order valence-corrected chi connectivity index (χ0v) is 19.1. The second-order valence-corrected chi connectivity index (χ2v) is 10.3. The average Bonchev–Trinajstić information content (AvgIpc) is 3.55. The quantitative estimate of drug-likeness (QED) is 0.461. The zero-order chi connectivity index (χ0) is 22.0. The molecular formula is C22H21ClN2O4S2. The lowest BCUT2D eigenvalue weighted by Gasteiger charge is -2.13. The molecular weight excluding hydrogens is 456 g/mol. The van der Waals surface area contributed by atoms with Gasteiger partial charge in [0.2, 0.25) is 15.9 Å². The Labute approximate surface area is 190 Å². The number of fused-ring (bicyclic) bond motifs is 1. The Bertz CT molecular complexity index is 1240. The molecule has 0 atom stereocenters. The maximum Gasteiger partial charge on any atom is 0.240 e. The van der Waals surface area contributed by atoms with Gasteiger partial charge in [0.05, 0.1) is 23.4 Å². The topological polar surface area (TPSA) is 84.5 Å². The highest BCUT2D eigenvalue weighted by atomic mass is 35.5. The molecule has 31 heavy (non-hydrogen) atoms. The van der Waals surface area contributed by atoms with Crippen LogP contribution in [-0.2, 0) is 14.8 Å². The first-order valence-corrected chi connectivity index (χ1v) is 12.5. The normalized spacial score (nSPS) is 13.9. The van der Waals surface area contributed by atoms with Gasteiger partial charge < -0.3 is 10.1 Å². The highest BCUT2D eigenvalue weighted by Crippen LogP contribution is 2.34.